The molecule has 1 aromatic carbocycles. The topological polar surface area (TPSA) is 34.1 Å². The predicted octanol–water partition coefficient (Wildman–Crippen LogP) is 3.78. The zero-order valence-electron chi connectivity index (χ0n) is 10.4. The number of nitrogens with one attached hydrogen (secondary N) is 1. The van der Waals surface area contributed by atoms with Gasteiger partial charge in [-0.2, -0.15) is 22.5 Å². The van der Waals surface area contributed by atoms with E-state index in [1.807, 2.05) is 0 Å². The second-order valence-electron chi connectivity index (χ2n) is 3.78. The lowest BCUT2D eigenvalue weighted by Gasteiger charge is -2.10. The number of nitrogens with zero attached hydrogens (tertiary/aromatic N) is 1. The van der Waals surface area contributed by atoms with E-state index in [-0.39, 0.29) is 5.69 Å². The summed E-state index contributed by atoms with van der Waals surface area (Å²) in [5.74, 6) is -6.16. The van der Waals surface area contributed by atoms with Crippen LogP contribution in [0.15, 0.2) is 24.3 Å². The lowest BCUT2D eigenvalue weighted by atomic mass is 10.2. The molecule has 0 amide bonds. The molecular formula is C13H10F4N2O. The normalized spacial score (nSPS) is 10.4. The van der Waals surface area contributed by atoms with Gasteiger partial charge in [0.05, 0.1) is 6.61 Å². The van der Waals surface area contributed by atoms with Crippen LogP contribution in [0.4, 0.5) is 28.9 Å². The van der Waals surface area contributed by atoms with Crippen molar-refractivity contribution in [2.45, 2.75) is 6.92 Å². The van der Waals surface area contributed by atoms with E-state index in [1.165, 1.54) is 12.1 Å². The molecule has 0 fully saturated rings. The maximum absolute atomic E-state index is 13.4. The first-order valence-electron chi connectivity index (χ1n) is 5.72. The van der Waals surface area contributed by atoms with Gasteiger partial charge in [-0.25, -0.2) is 0 Å². The number of hydrogen-bond donors (Lipinski definition) is 1. The van der Waals surface area contributed by atoms with Crippen LogP contribution < -0.4 is 10.1 Å². The number of aromatic nitrogens is 1. The predicted molar refractivity (Wildman–Crippen MR) is 65.0 cm³/mol. The summed E-state index contributed by atoms with van der Waals surface area (Å²) in [5.41, 5.74) is -0.720. The summed E-state index contributed by atoms with van der Waals surface area (Å²) in [7, 11) is 0. The molecule has 0 aliphatic rings. The summed E-state index contributed by atoms with van der Waals surface area (Å²) in [4.78, 5) is 2.47. The first-order valence-corrected chi connectivity index (χ1v) is 5.72. The molecule has 0 bridgehead atoms. The number of halogens is 4. The van der Waals surface area contributed by atoms with E-state index in [9.17, 15) is 17.6 Å². The zero-order chi connectivity index (χ0) is 14.7. The van der Waals surface area contributed by atoms with E-state index in [0.29, 0.717) is 12.4 Å². The molecule has 1 heterocycles. The Morgan fingerprint density at radius 3 is 2.35 bits per heavy atom. The minimum absolute atomic E-state index is 0.221. The molecule has 1 N–H and O–H groups in total. The van der Waals surface area contributed by atoms with E-state index in [1.54, 1.807) is 19.1 Å². The second kappa shape index (κ2) is 5.77. The highest BCUT2D eigenvalue weighted by Crippen LogP contribution is 2.27. The van der Waals surface area contributed by atoms with Gasteiger partial charge < -0.3 is 10.1 Å². The molecule has 0 unspecified atom stereocenters. The van der Waals surface area contributed by atoms with Crippen molar-refractivity contribution in [1.29, 1.82) is 0 Å². The lowest BCUT2D eigenvalue weighted by Crippen LogP contribution is -2.06. The summed E-state index contributed by atoms with van der Waals surface area (Å²) in [6.07, 6.45) is 0. The van der Waals surface area contributed by atoms with Crippen LogP contribution in [0.1, 0.15) is 6.92 Å². The maximum atomic E-state index is 13.4. The van der Waals surface area contributed by atoms with Gasteiger partial charge in [-0.3, -0.25) is 0 Å². The molecule has 0 aliphatic heterocycles. The Morgan fingerprint density at radius 1 is 1.10 bits per heavy atom. The molecule has 106 valence electrons. The van der Waals surface area contributed by atoms with Crippen LogP contribution in [0.5, 0.6) is 5.75 Å². The highest BCUT2D eigenvalue weighted by molar-refractivity contribution is 5.62. The van der Waals surface area contributed by atoms with Crippen molar-refractivity contribution in [2.75, 3.05) is 11.9 Å². The standard InChI is InChI=1S/C13H10F4N2O/c1-2-20-8-5-3-4-7(6-8)18-11-9(14)12(16)19-13(17)10(11)15/h3-6H,2H2,1H3,(H,18,19). The lowest BCUT2D eigenvalue weighted by molar-refractivity contribution is 0.340. The van der Waals surface area contributed by atoms with E-state index in [2.05, 4.69) is 10.3 Å². The third-order valence-corrected chi connectivity index (χ3v) is 2.41. The Hall–Kier alpha value is -2.31. The van der Waals surface area contributed by atoms with Crippen LogP contribution in [0.3, 0.4) is 0 Å². The fourth-order valence-electron chi connectivity index (χ4n) is 1.57. The molecule has 3 nitrogen and oxygen atoms in total. The number of hydrogen-bond acceptors (Lipinski definition) is 3. The average molecular weight is 286 g/mol. The van der Waals surface area contributed by atoms with Crippen LogP contribution in [0.2, 0.25) is 0 Å². The molecule has 0 saturated heterocycles. The molecule has 7 heteroatoms. The summed E-state index contributed by atoms with van der Waals surface area (Å²) >= 11 is 0. The Kier molecular flexibility index (Phi) is 4.07. The summed E-state index contributed by atoms with van der Waals surface area (Å²) in [6, 6.07) is 6.11. The van der Waals surface area contributed by atoms with Gasteiger partial charge in [-0.1, -0.05) is 6.07 Å². The van der Waals surface area contributed by atoms with Crippen LogP contribution >= 0.6 is 0 Å². The zero-order valence-corrected chi connectivity index (χ0v) is 10.4. The van der Waals surface area contributed by atoms with Gasteiger partial charge in [0, 0.05) is 11.8 Å². The van der Waals surface area contributed by atoms with Crippen molar-refractivity contribution >= 4 is 11.4 Å². The van der Waals surface area contributed by atoms with E-state index < -0.39 is 29.2 Å². The van der Waals surface area contributed by atoms with Crippen molar-refractivity contribution in [3.63, 3.8) is 0 Å². The highest BCUT2D eigenvalue weighted by Gasteiger charge is 2.20. The molecule has 0 aliphatic carbocycles. The minimum Gasteiger partial charge on any atom is -0.494 e. The molecule has 0 spiro atoms. The fourth-order valence-corrected chi connectivity index (χ4v) is 1.57. The first kappa shape index (κ1) is 14.1. The summed E-state index contributed by atoms with van der Waals surface area (Å²) in [6.45, 7) is 2.18. The third-order valence-electron chi connectivity index (χ3n) is 2.41. The molecular weight excluding hydrogens is 276 g/mol. The molecule has 2 aromatic rings. The SMILES string of the molecule is CCOc1cccc(Nc2c(F)c(F)nc(F)c2F)c1. The third kappa shape index (κ3) is 2.81. The Balaban J connectivity index is 2.37. The quantitative estimate of drug-likeness (QED) is 0.686. The monoisotopic (exact) mass is 286 g/mol. The Morgan fingerprint density at radius 2 is 1.75 bits per heavy atom. The number of anilines is 2. The molecule has 0 radical (unpaired) electrons. The van der Waals surface area contributed by atoms with E-state index in [0.717, 1.165) is 0 Å². The van der Waals surface area contributed by atoms with Gasteiger partial charge in [0.1, 0.15) is 11.4 Å². The highest BCUT2D eigenvalue weighted by atomic mass is 19.2. The maximum Gasteiger partial charge on any atom is 0.253 e. The van der Waals surface area contributed by atoms with Crippen molar-refractivity contribution < 1.29 is 22.3 Å². The van der Waals surface area contributed by atoms with Crippen molar-refractivity contribution in [2.24, 2.45) is 0 Å². The van der Waals surface area contributed by atoms with Crippen LogP contribution in [0.25, 0.3) is 0 Å². The van der Waals surface area contributed by atoms with Crippen LogP contribution in [-0.4, -0.2) is 11.6 Å². The molecule has 0 atom stereocenters. The van der Waals surface area contributed by atoms with Gasteiger partial charge in [0.15, 0.2) is 0 Å². The van der Waals surface area contributed by atoms with Crippen molar-refractivity contribution in [3.8, 4) is 5.75 Å². The van der Waals surface area contributed by atoms with Crippen molar-refractivity contribution in [1.82, 2.24) is 4.98 Å². The van der Waals surface area contributed by atoms with Crippen LogP contribution in [-0.2, 0) is 0 Å². The van der Waals surface area contributed by atoms with Crippen LogP contribution in [0, 0.1) is 23.5 Å². The second-order valence-corrected chi connectivity index (χ2v) is 3.78. The fraction of sp³-hybridized carbons (Fsp3) is 0.154. The minimum atomic E-state index is -1.72. The first-order chi connectivity index (χ1) is 9.52. The molecule has 0 saturated carbocycles. The van der Waals surface area contributed by atoms with Gasteiger partial charge >= 0.3 is 0 Å². The van der Waals surface area contributed by atoms with Gasteiger partial charge in [0.25, 0.3) is 11.9 Å². The van der Waals surface area contributed by atoms with E-state index >= 15 is 0 Å². The Bertz CT molecular complexity index is 608. The number of ether oxygens (including phenoxy) is 1. The van der Waals surface area contributed by atoms with Gasteiger partial charge in [-0.15, -0.1) is 0 Å². The average Bonchev–Trinajstić information content (AvgIpc) is 2.42. The summed E-state index contributed by atoms with van der Waals surface area (Å²) in [5, 5.41) is 2.27. The largest absolute Gasteiger partial charge is 0.494 e. The summed E-state index contributed by atoms with van der Waals surface area (Å²) < 4.78 is 58.0. The molecule has 20 heavy (non-hydrogen) atoms. The molecule has 1 aromatic heterocycles. The number of benzene rings is 1. The van der Waals surface area contributed by atoms with E-state index in [4.69, 9.17) is 4.74 Å². The Labute approximate surface area is 112 Å². The van der Waals surface area contributed by atoms with Gasteiger partial charge in [0.2, 0.25) is 11.6 Å². The van der Waals surface area contributed by atoms with Crippen molar-refractivity contribution in [3.05, 3.63) is 47.8 Å². The number of rotatable bonds is 4. The van der Waals surface area contributed by atoms with Gasteiger partial charge in [-0.05, 0) is 19.1 Å². The molecule has 2 rings (SSSR count). The smallest absolute Gasteiger partial charge is 0.253 e. The number of pyridine rings is 1.